The standard InChI is InChI=1S/C26H25ClF3N9O2/c1-13-12-39(8-7-32-13)25(41)16-5-4-15(9-17(16)27)35-24(40)23-34-11-19(38(23)2)20-21(18-6-3-14(31)10-33-18)36-37-22(20)26(28,29)30/h3-6,9-11,13,32H,7-8,12,31H2,1-2H3,(H,35,40)(H,36,37)/t13-/m0/s1. The third kappa shape index (κ3) is 5.60. The predicted octanol–water partition coefficient (Wildman–Crippen LogP) is 3.81. The largest absolute Gasteiger partial charge is 0.435 e. The number of rotatable bonds is 5. The van der Waals surface area contributed by atoms with Crippen molar-refractivity contribution < 1.29 is 22.8 Å². The number of aromatic amines is 1. The zero-order valence-electron chi connectivity index (χ0n) is 21.9. The lowest BCUT2D eigenvalue weighted by molar-refractivity contribution is -0.140. The van der Waals surface area contributed by atoms with Crippen molar-refractivity contribution in [2.45, 2.75) is 19.1 Å². The molecule has 41 heavy (non-hydrogen) atoms. The van der Waals surface area contributed by atoms with Crippen molar-refractivity contribution in [3.63, 3.8) is 0 Å². The molecular formula is C26H25ClF3N9O2. The van der Waals surface area contributed by atoms with Gasteiger partial charge >= 0.3 is 6.18 Å². The van der Waals surface area contributed by atoms with E-state index in [1.165, 1.54) is 48.1 Å². The summed E-state index contributed by atoms with van der Waals surface area (Å²) in [5, 5.41) is 11.9. The number of nitrogens with zero attached hydrogens (tertiary/aromatic N) is 5. The van der Waals surface area contributed by atoms with Gasteiger partial charge in [0.15, 0.2) is 11.5 Å². The Morgan fingerprint density at radius 1 is 1.17 bits per heavy atom. The highest BCUT2D eigenvalue weighted by atomic mass is 35.5. The zero-order valence-corrected chi connectivity index (χ0v) is 22.6. The highest BCUT2D eigenvalue weighted by molar-refractivity contribution is 6.34. The van der Waals surface area contributed by atoms with Crippen LogP contribution in [0.2, 0.25) is 5.02 Å². The van der Waals surface area contributed by atoms with Crippen LogP contribution >= 0.6 is 11.6 Å². The first-order chi connectivity index (χ1) is 19.4. The molecule has 214 valence electrons. The molecule has 0 radical (unpaired) electrons. The summed E-state index contributed by atoms with van der Waals surface area (Å²) in [6, 6.07) is 7.58. The Labute approximate surface area is 236 Å². The minimum atomic E-state index is -4.80. The Bertz CT molecular complexity index is 1620. The summed E-state index contributed by atoms with van der Waals surface area (Å²) < 4.78 is 42.9. The van der Waals surface area contributed by atoms with Gasteiger partial charge in [0.05, 0.1) is 51.3 Å². The Morgan fingerprint density at radius 2 is 1.95 bits per heavy atom. The summed E-state index contributed by atoms with van der Waals surface area (Å²) >= 11 is 6.39. The number of imidazole rings is 1. The normalized spacial score (nSPS) is 15.7. The van der Waals surface area contributed by atoms with Crippen molar-refractivity contribution in [1.82, 2.24) is 34.9 Å². The number of nitrogens with one attached hydrogen (secondary N) is 3. The first-order valence-corrected chi connectivity index (χ1v) is 12.8. The number of pyridine rings is 1. The van der Waals surface area contributed by atoms with Gasteiger partial charge in [0, 0.05) is 38.4 Å². The summed E-state index contributed by atoms with van der Waals surface area (Å²) in [5.74, 6) is -1.09. The first kappa shape index (κ1) is 28.1. The maximum atomic E-state index is 13.9. The average Bonchev–Trinajstić information content (AvgIpc) is 3.52. The second kappa shape index (κ2) is 10.9. The molecule has 4 aromatic rings. The fourth-order valence-electron chi connectivity index (χ4n) is 4.63. The Morgan fingerprint density at radius 3 is 2.61 bits per heavy atom. The van der Waals surface area contributed by atoms with Crippen LogP contribution in [0.3, 0.4) is 0 Å². The van der Waals surface area contributed by atoms with Crippen LogP contribution in [-0.2, 0) is 13.2 Å². The Balaban J connectivity index is 1.42. The van der Waals surface area contributed by atoms with Gasteiger partial charge < -0.3 is 25.8 Å². The second-order valence-corrected chi connectivity index (χ2v) is 9.99. The van der Waals surface area contributed by atoms with Crippen LogP contribution in [0.4, 0.5) is 24.5 Å². The number of piperazine rings is 1. The van der Waals surface area contributed by atoms with E-state index in [1.54, 1.807) is 4.90 Å². The molecule has 2 amide bonds. The van der Waals surface area contributed by atoms with Gasteiger partial charge in [-0.05, 0) is 37.3 Å². The van der Waals surface area contributed by atoms with Crippen LogP contribution in [0.15, 0.2) is 42.7 Å². The van der Waals surface area contributed by atoms with E-state index in [4.69, 9.17) is 17.3 Å². The van der Waals surface area contributed by atoms with Crippen LogP contribution < -0.4 is 16.4 Å². The van der Waals surface area contributed by atoms with Crippen LogP contribution in [0, 0.1) is 0 Å². The first-order valence-electron chi connectivity index (χ1n) is 12.5. The maximum absolute atomic E-state index is 13.9. The van der Waals surface area contributed by atoms with Crippen molar-refractivity contribution in [2.75, 3.05) is 30.7 Å². The fourth-order valence-corrected chi connectivity index (χ4v) is 4.89. The molecular weight excluding hydrogens is 563 g/mol. The van der Waals surface area contributed by atoms with Crippen molar-refractivity contribution in [2.24, 2.45) is 7.05 Å². The summed E-state index contributed by atoms with van der Waals surface area (Å²) in [5.41, 5.74) is 5.20. The molecule has 5 N–H and O–H groups in total. The number of hydrogen-bond acceptors (Lipinski definition) is 7. The minimum absolute atomic E-state index is 0.0156. The average molecular weight is 588 g/mol. The van der Waals surface area contributed by atoms with Crippen LogP contribution in [-0.4, -0.2) is 67.1 Å². The lowest BCUT2D eigenvalue weighted by Gasteiger charge is -2.32. The van der Waals surface area contributed by atoms with Crippen molar-refractivity contribution in [3.8, 4) is 22.6 Å². The van der Waals surface area contributed by atoms with Gasteiger partial charge in [-0.15, -0.1) is 0 Å². The van der Waals surface area contributed by atoms with Crippen molar-refractivity contribution in [3.05, 3.63) is 64.8 Å². The smallest absolute Gasteiger partial charge is 0.397 e. The summed E-state index contributed by atoms with van der Waals surface area (Å²) in [4.78, 5) is 35.9. The van der Waals surface area contributed by atoms with E-state index >= 15 is 0 Å². The molecule has 3 aromatic heterocycles. The number of H-pyrrole nitrogens is 1. The van der Waals surface area contributed by atoms with E-state index in [0.29, 0.717) is 30.9 Å². The van der Waals surface area contributed by atoms with Gasteiger partial charge in [-0.1, -0.05) is 11.6 Å². The van der Waals surface area contributed by atoms with Crippen LogP contribution in [0.25, 0.3) is 22.6 Å². The SMILES string of the molecule is C[C@H]1CN(C(=O)c2ccc(NC(=O)c3ncc(-c4c(C(F)(F)F)n[nH]c4-c4ccc(N)cn4)n3C)cc2Cl)CCN1. The van der Waals surface area contributed by atoms with E-state index in [1.807, 2.05) is 6.92 Å². The van der Waals surface area contributed by atoms with Crippen LogP contribution in [0.5, 0.6) is 0 Å². The van der Waals surface area contributed by atoms with Crippen LogP contribution in [0.1, 0.15) is 33.6 Å². The van der Waals surface area contributed by atoms with Gasteiger partial charge in [0.25, 0.3) is 11.8 Å². The number of alkyl halides is 3. The fraction of sp³-hybridized carbons (Fsp3) is 0.269. The third-order valence-corrected chi connectivity index (χ3v) is 6.95. The van der Waals surface area contributed by atoms with Gasteiger partial charge in [-0.3, -0.25) is 19.7 Å². The molecule has 1 aromatic carbocycles. The molecule has 0 unspecified atom stereocenters. The zero-order chi connectivity index (χ0) is 29.5. The summed E-state index contributed by atoms with van der Waals surface area (Å²) in [6.07, 6.45) is -2.34. The van der Waals surface area contributed by atoms with E-state index in [0.717, 1.165) is 6.20 Å². The quantitative estimate of drug-likeness (QED) is 0.278. The molecule has 0 spiro atoms. The summed E-state index contributed by atoms with van der Waals surface area (Å²) in [6.45, 7) is 3.74. The number of amides is 2. The maximum Gasteiger partial charge on any atom is 0.435 e. The number of carbonyl (C=O) groups is 2. The number of hydrogen-bond donors (Lipinski definition) is 4. The molecule has 5 rings (SSSR count). The molecule has 1 aliphatic heterocycles. The van der Waals surface area contributed by atoms with Gasteiger partial charge in [-0.2, -0.15) is 18.3 Å². The molecule has 1 fully saturated rings. The molecule has 0 bridgehead atoms. The predicted molar refractivity (Wildman–Crippen MR) is 146 cm³/mol. The molecule has 1 aliphatic rings. The van der Waals surface area contributed by atoms with Crippen molar-refractivity contribution in [1.29, 1.82) is 0 Å². The molecule has 0 aliphatic carbocycles. The number of aromatic nitrogens is 5. The molecule has 11 nitrogen and oxygen atoms in total. The highest BCUT2D eigenvalue weighted by Gasteiger charge is 2.40. The van der Waals surface area contributed by atoms with Gasteiger partial charge in [-0.25, -0.2) is 4.98 Å². The van der Waals surface area contributed by atoms with E-state index in [-0.39, 0.29) is 51.1 Å². The van der Waals surface area contributed by atoms with Crippen molar-refractivity contribution >= 4 is 34.8 Å². The molecule has 1 saturated heterocycles. The van der Waals surface area contributed by atoms with E-state index < -0.39 is 17.8 Å². The number of anilines is 2. The topological polar surface area (TPSA) is 147 Å². The van der Waals surface area contributed by atoms with Gasteiger partial charge in [0.1, 0.15) is 0 Å². The van der Waals surface area contributed by atoms with E-state index in [2.05, 4.69) is 30.8 Å². The molecule has 0 saturated carbocycles. The lowest BCUT2D eigenvalue weighted by Crippen LogP contribution is -2.51. The second-order valence-electron chi connectivity index (χ2n) is 9.58. The molecule has 15 heteroatoms. The number of nitrogens with two attached hydrogens (primary N) is 1. The van der Waals surface area contributed by atoms with E-state index in [9.17, 15) is 22.8 Å². The monoisotopic (exact) mass is 587 g/mol. The number of halogens is 4. The number of nitrogen functional groups attached to an aromatic ring is 1. The summed E-state index contributed by atoms with van der Waals surface area (Å²) in [7, 11) is 1.41. The Kier molecular flexibility index (Phi) is 7.44. The van der Waals surface area contributed by atoms with Gasteiger partial charge in [0.2, 0.25) is 0 Å². The number of carbonyl (C=O) groups excluding carboxylic acids is 2. The number of benzene rings is 1. The Hall–Kier alpha value is -4.43. The highest BCUT2D eigenvalue weighted by Crippen LogP contribution is 2.40. The molecule has 1 atom stereocenters. The lowest BCUT2D eigenvalue weighted by atomic mass is 10.1. The molecule has 4 heterocycles. The third-order valence-electron chi connectivity index (χ3n) is 6.64. The minimum Gasteiger partial charge on any atom is -0.397 e.